The van der Waals surface area contributed by atoms with Crippen molar-refractivity contribution in [2.45, 2.75) is 12.5 Å². The molecular weight excluding hydrogens is 216 g/mol. The van der Waals surface area contributed by atoms with Crippen LogP contribution in [0.15, 0.2) is 28.7 Å². The van der Waals surface area contributed by atoms with Gasteiger partial charge in [0.05, 0.1) is 5.54 Å². The SMILES string of the molecule is CC(N)(CN)c1cccc(Br)c1. The highest BCUT2D eigenvalue weighted by molar-refractivity contribution is 9.10. The lowest BCUT2D eigenvalue weighted by atomic mass is 9.94. The number of hydrogen-bond donors (Lipinski definition) is 2. The summed E-state index contributed by atoms with van der Waals surface area (Å²) in [7, 11) is 0. The van der Waals surface area contributed by atoms with Crippen LogP contribution in [-0.2, 0) is 5.54 Å². The summed E-state index contributed by atoms with van der Waals surface area (Å²) >= 11 is 3.39. The Morgan fingerprint density at radius 2 is 2.17 bits per heavy atom. The summed E-state index contributed by atoms with van der Waals surface area (Å²) in [5.41, 5.74) is 12.1. The summed E-state index contributed by atoms with van der Waals surface area (Å²) in [6.45, 7) is 2.37. The standard InChI is InChI=1S/C9H13BrN2/c1-9(12,6-11)7-3-2-4-8(10)5-7/h2-5H,6,11-12H2,1H3. The molecule has 0 bridgehead atoms. The molecule has 0 aliphatic rings. The summed E-state index contributed by atoms with van der Waals surface area (Å²) in [5.74, 6) is 0. The maximum atomic E-state index is 5.96. The van der Waals surface area contributed by atoms with Gasteiger partial charge in [0, 0.05) is 11.0 Å². The Balaban J connectivity index is 3.03. The molecule has 1 unspecified atom stereocenters. The monoisotopic (exact) mass is 228 g/mol. The second-order valence-corrected chi connectivity index (χ2v) is 4.05. The van der Waals surface area contributed by atoms with E-state index in [-0.39, 0.29) is 0 Å². The molecule has 0 spiro atoms. The van der Waals surface area contributed by atoms with Crippen molar-refractivity contribution in [2.75, 3.05) is 6.54 Å². The number of nitrogens with two attached hydrogens (primary N) is 2. The number of halogens is 1. The van der Waals surface area contributed by atoms with Gasteiger partial charge in [0.25, 0.3) is 0 Å². The van der Waals surface area contributed by atoms with Crippen LogP contribution < -0.4 is 11.5 Å². The van der Waals surface area contributed by atoms with Crippen molar-refractivity contribution in [2.24, 2.45) is 11.5 Å². The van der Waals surface area contributed by atoms with Gasteiger partial charge in [0.1, 0.15) is 0 Å². The van der Waals surface area contributed by atoms with Crippen LogP contribution >= 0.6 is 15.9 Å². The largest absolute Gasteiger partial charge is 0.328 e. The fraction of sp³-hybridized carbons (Fsp3) is 0.333. The Morgan fingerprint density at radius 3 is 2.67 bits per heavy atom. The normalized spacial score (nSPS) is 15.7. The van der Waals surface area contributed by atoms with Crippen LogP contribution in [0.1, 0.15) is 12.5 Å². The second kappa shape index (κ2) is 3.56. The average Bonchev–Trinajstić information content (AvgIpc) is 2.05. The van der Waals surface area contributed by atoms with Crippen molar-refractivity contribution in [1.82, 2.24) is 0 Å². The predicted octanol–water partition coefficient (Wildman–Crippen LogP) is 1.58. The van der Waals surface area contributed by atoms with Crippen molar-refractivity contribution in [3.8, 4) is 0 Å². The predicted molar refractivity (Wildman–Crippen MR) is 54.7 cm³/mol. The van der Waals surface area contributed by atoms with Gasteiger partial charge in [-0.2, -0.15) is 0 Å². The molecule has 66 valence electrons. The maximum Gasteiger partial charge on any atom is 0.0505 e. The Hall–Kier alpha value is -0.380. The zero-order valence-corrected chi connectivity index (χ0v) is 8.64. The van der Waals surface area contributed by atoms with E-state index in [1.807, 2.05) is 31.2 Å². The van der Waals surface area contributed by atoms with E-state index in [4.69, 9.17) is 11.5 Å². The first-order valence-electron chi connectivity index (χ1n) is 3.81. The quantitative estimate of drug-likeness (QED) is 0.808. The van der Waals surface area contributed by atoms with Crippen LogP contribution in [0.4, 0.5) is 0 Å². The van der Waals surface area contributed by atoms with Crippen molar-refractivity contribution >= 4 is 15.9 Å². The molecule has 0 aromatic heterocycles. The molecule has 0 aliphatic heterocycles. The Labute approximate surface area is 81.1 Å². The molecular formula is C9H13BrN2. The zero-order valence-electron chi connectivity index (χ0n) is 7.05. The van der Waals surface area contributed by atoms with Gasteiger partial charge in [-0.1, -0.05) is 28.1 Å². The van der Waals surface area contributed by atoms with Gasteiger partial charge in [-0.15, -0.1) is 0 Å². The van der Waals surface area contributed by atoms with Gasteiger partial charge in [-0.05, 0) is 24.6 Å². The second-order valence-electron chi connectivity index (χ2n) is 3.13. The molecule has 4 N–H and O–H groups in total. The summed E-state index contributed by atoms with van der Waals surface area (Å²) in [5, 5.41) is 0. The van der Waals surface area contributed by atoms with E-state index < -0.39 is 5.54 Å². The van der Waals surface area contributed by atoms with E-state index >= 15 is 0 Å². The number of benzene rings is 1. The first kappa shape index (κ1) is 9.71. The Morgan fingerprint density at radius 1 is 1.50 bits per heavy atom. The third-order valence-electron chi connectivity index (χ3n) is 1.91. The highest BCUT2D eigenvalue weighted by Crippen LogP contribution is 2.20. The molecule has 0 saturated carbocycles. The zero-order chi connectivity index (χ0) is 9.19. The third kappa shape index (κ3) is 2.06. The first-order chi connectivity index (χ1) is 5.56. The van der Waals surface area contributed by atoms with Crippen LogP contribution in [-0.4, -0.2) is 6.54 Å². The first-order valence-corrected chi connectivity index (χ1v) is 4.60. The number of rotatable bonds is 2. The van der Waals surface area contributed by atoms with Gasteiger partial charge in [0.2, 0.25) is 0 Å². The minimum absolute atomic E-state index is 0.427. The van der Waals surface area contributed by atoms with Gasteiger partial charge in [-0.3, -0.25) is 0 Å². The molecule has 1 rings (SSSR count). The highest BCUT2D eigenvalue weighted by atomic mass is 79.9. The van der Waals surface area contributed by atoms with Crippen LogP contribution in [0.5, 0.6) is 0 Å². The van der Waals surface area contributed by atoms with Crippen LogP contribution in [0.25, 0.3) is 0 Å². The summed E-state index contributed by atoms with van der Waals surface area (Å²) in [6.07, 6.45) is 0. The maximum absolute atomic E-state index is 5.96. The Kier molecular flexibility index (Phi) is 2.88. The molecule has 12 heavy (non-hydrogen) atoms. The number of hydrogen-bond acceptors (Lipinski definition) is 2. The molecule has 0 radical (unpaired) electrons. The molecule has 0 saturated heterocycles. The summed E-state index contributed by atoms with van der Waals surface area (Å²) in [6, 6.07) is 7.90. The Bertz CT molecular complexity index is 271. The molecule has 1 aromatic carbocycles. The van der Waals surface area contributed by atoms with Gasteiger partial charge in [0.15, 0.2) is 0 Å². The van der Waals surface area contributed by atoms with Crippen molar-refractivity contribution in [3.05, 3.63) is 34.3 Å². The third-order valence-corrected chi connectivity index (χ3v) is 2.40. The van der Waals surface area contributed by atoms with E-state index in [2.05, 4.69) is 15.9 Å². The molecule has 0 amide bonds. The molecule has 1 aromatic rings. The molecule has 2 nitrogen and oxygen atoms in total. The van der Waals surface area contributed by atoms with Crippen molar-refractivity contribution < 1.29 is 0 Å². The van der Waals surface area contributed by atoms with Crippen LogP contribution in [0.2, 0.25) is 0 Å². The molecule has 3 heteroatoms. The topological polar surface area (TPSA) is 52.0 Å². The lowest BCUT2D eigenvalue weighted by Gasteiger charge is -2.23. The average molecular weight is 229 g/mol. The van der Waals surface area contributed by atoms with E-state index in [0.29, 0.717) is 6.54 Å². The fourth-order valence-electron chi connectivity index (χ4n) is 0.962. The van der Waals surface area contributed by atoms with E-state index in [1.165, 1.54) is 0 Å². The fourth-order valence-corrected chi connectivity index (χ4v) is 1.36. The van der Waals surface area contributed by atoms with E-state index in [9.17, 15) is 0 Å². The summed E-state index contributed by atoms with van der Waals surface area (Å²) in [4.78, 5) is 0. The van der Waals surface area contributed by atoms with Crippen molar-refractivity contribution in [3.63, 3.8) is 0 Å². The molecule has 0 heterocycles. The van der Waals surface area contributed by atoms with Crippen LogP contribution in [0, 0.1) is 0 Å². The van der Waals surface area contributed by atoms with E-state index in [0.717, 1.165) is 10.0 Å². The van der Waals surface area contributed by atoms with Crippen molar-refractivity contribution in [1.29, 1.82) is 0 Å². The molecule has 0 fully saturated rings. The summed E-state index contributed by atoms with van der Waals surface area (Å²) < 4.78 is 1.03. The smallest absolute Gasteiger partial charge is 0.0505 e. The minimum atomic E-state index is -0.427. The molecule has 1 atom stereocenters. The van der Waals surface area contributed by atoms with E-state index in [1.54, 1.807) is 0 Å². The van der Waals surface area contributed by atoms with Crippen LogP contribution in [0.3, 0.4) is 0 Å². The van der Waals surface area contributed by atoms with Gasteiger partial charge >= 0.3 is 0 Å². The lowest BCUT2D eigenvalue weighted by Crippen LogP contribution is -2.40. The van der Waals surface area contributed by atoms with Gasteiger partial charge in [-0.25, -0.2) is 0 Å². The highest BCUT2D eigenvalue weighted by Gasteiger charge is 2.18. The lowest BCUT2D eigenvalue weighted by molar-refractivity contribution is 0.507. The minimum Gasteiger partial charge on any atom is -0.328 e. The van der Waals surface area contributed by atoms with Gasteiger partial charge < -0.3 is 11.5 Å². The molecule has 0 aliphatic carbocycles.